The quantitative estimate of drug-likeness (QED) is 0.817. The third-order valence-electron chi connectivity index (χ3n) is 2.47. The van der Waals surface area contributed by atoms with Crippen molar-refractivity contribution in [1.82, 2.24) is 0 Å². The van der Waals surface area contributed by atoms with E-state index < -0.39 is 5.97 Å². The minimum Gasteiger partial charge on any atom is -0.481 e. The number of hydrogen-bond acceptors (Lipinski definition) is 1. The Balaban J connectivity index is 2.64. The van der Waals surface area contributed by atoms with Crippen molar-refractivity contribution in [2.45, 2.75) is 26.7 Å². The number of benzene rings is 1. The van der Waals surface area contributed by atoms with Gasteiger partial charge < -0.3 is 5.11 Å². The summed E-state index contributed by atoms with van der Waals surface area (Å²) >= 11 is 0. The maximum atomic E-state index is 10.3. The molecule has 1 N–H and O–H groups in total. The Morgan fingerprint density at radius 3 is 2.80 bits per heavy atom. The van der Waals surface area contributed by atoms with E-state index in [4.69, 9.17) is 5.11 Å². The molecule has 80 valence electrons. The molecule has 1 aromatic carbocycles. The summed E-state index contributed by atoms with van der Waals surface area (Å²) < 4.78 is 0. The molecule has 0 spiro atoms. The molecule has 1 rings (SSSR count). The molecule has 0 aliphatic carbocycles. The Hall–Kier alpha value is -1.57. The summed E-state index contributed by atoms with van der Waals surface area (Å²) in [6, 6.07) is 6.13. The van der Waals surface area contributed by atoms with Crippen LogP contribution in [0.2, 0.25) is 0 Å². The van der Waals surface area contributed by atoms with Crippen molar-refractivity contribution in [2.75, 3.05) is 0 Å². The number of rotatable bonds is 4. The fourth-order valence-electron chi connectivity index (χ4n) is 1.37. The summed E-state index contributed by atoms with van der Waals surface area (Å²) in [4.78, 5) is 10.3. The first kappa shape index (κ1) is 11.5. The SMILES string of the molecule is Cc1cccc(/C=C/CCC(=O)O)c1C. The Morgan fingerprint density at radius 2 is 2.13 bits per heavy atom. The predicted octanol–water partition coefficient (Wildman–Crippen LogP) is 3.18. The van der Waals surface area contributed by atoms with Gasteiger partial charge in [-0.3, -0.25) is 4.79 Å². The molecule has 1 aromatic rings. The van der Waals surface area contributed by atoms with Gasteiger partial charge in [0.2, 0.25) is 0 Å². The summed E-state index contributed by atoms with van der Waals surface area (Å²) in [5.74, 6) is -0.749. The van der Waals surface area contributed by atoms with Gasteiger partial charge >= 0.3 is 5.97 Å². The molecule has 0 atom stereocenters. The molecule has 2 heteroatoms. The van der Waals surface area contributed by atoms with Crippen LogP contribution in [-0.4, -0.2) is 11.1 Å². The van der Waals surface area contributed by atoms with E-state index in [1.807, 2.05) is 24.3 Å². The van der Waals surface area contributed by atoms with Gasteiger partial charge in [0.25, 0.3) is 0 Å². The maximum Gasteiger partial charge on any atom is 0.303 e. The highest BCUT2D eigenvalue weighted by Gasteiger charge is 1.96. The van der Waals surface area contributed by atoms with Gasteiger partial charge in [0.05, 0.1) is 0 Å². The van der Waals surface area contributed by atoms with Crippen molar-refractivity contribution in [3.05, 3.63) is 41.0 Å². The van der Waals surface area contributed by atoms with Crippen LogP contribution in [0.15, 0.2) is 24.3 Å². The van der Waals surface area contributed by atoms with Gasteiger partial charge in [-0.25, -0.2) is 0 Å². The second-order valence-electron chi connectivity index (χ2n) is 3.62. The van der Waals surface area contributed by atoms with Gasteiger partial charge in [-0.15, -0.1) is 0 Å². The summed E-state index contributed by atoms with van der Waals surface area (Å²) in [6.07, 6.45) is 4.69. The average Bonchev–Trinajstić information content (AvgIpc) is 2.18. The molecule has 0 saturated carbocycles. The summed E-state index contributed by atoms with van der Waals surface area (Å²) in [7, 11) is 0. The van der Waals surface area contributed by atoms with Crippen molar-refractivity contribution < 1.29 is 9.90 Å². The van der Waals surface area contributed by atoms with Crippen LogP contribution in [0.1, 0.15) is 29.5 Å². The highest BCUT2D eigenvalue weighted by atomic mass is 16.4. The van der Waals surface area contributed by atoms with E-state index in [1.165, 1.54) is 16.7 Å². The van der Waals surface area contributed by atoms with Crippen molar-refractivity contribution in [3.8, 4) is 0 Å². The van der Waals surface area contributed by atoms with E-state index in [1.54, 1.807) is 0 Å². The molecule has 0 amide bonds. The number of carboxylic acids is 1. The molecule has 0 heterocycles. The highest BCUT2D eigenvalue weighted by Crippen LogP contribution is 2.14. The minimum absolute atomic E-state index is 0.196. The van der Waals surface area contributed by atoms with E-state index in [0.29, 0.717) is 6.42 Å². The fourth-order valence-corrected chi connectivity index (χ4v) is 1.37. The number of allylic oxidation sites excluding steroid dienone is 1. The lowest BCUT2D eigenvalue weighted by molar-refractivity contribution is -0.136. The fraction of sp³-hybridized carbons (Fsp3) is 0.308. The Morgan fingerprint density at radius 1 is 1.40 bits per heavy atom. The van der Waals surface area contributed by atoms with Crippen molar-refractivity contribution in [3.63, 3.8) is 0 Å². The molecule has 0 aliphatic rings. The molecule has 0 unspecified atom stereocenters. The Kier molecular flexibility index (Phi) is 4.10. The van der Waals surface area contributed by atoms with Crippen LogP contribution in [0.3, 0.4) is 0 Å². The van der Waals surface area contributed by atoms with E-state index in [0.717, 1.165) is 0 Å². The third kappa shape index (κ3) is 3.58. The van der Waals surface area contributed by atoms with Gasteiger partial charge in [0.1, 0.15) is 0 Å². The van der Waals surface area contributed by atoms with Gasteiger partial charge in [-0.05, 0) is 37.0 Å². The van der Waals surface area contributed by atoms with E-state index in [9.17, 15) is 4.79 Å². The van der Waals surface area contributed by atoms with Crippen LogP contribution in [-0.2, 0) is 4.79 Å². The maximum absolute atomic E-state index is 10.3. The summed E-state index contributed by atoms with van der Waals surface area (Å²) in [6.45, 7) is 4.15. The summed E-state index contributed by atoms with van der Waals surface area (Å²) in [5.41, 5.74) is 3.68. The van der Waals surface area contributed by atoms with Gasteiger partial charge in [-0.1, -0.05) is 30.4 Å². The second-order valence-corrected chi connectivity index (χ2v) is 3.62. The van der Waals surface area contributed by atoms with Crippen LogP contribution >= 0.6 is 0 Å². The number of aliphatic carboxylic acids is 1. The first-order valence-electron chi connectivity index (χ1n) is 5.06. The lowest BCUT2D eigenvalue weighted by Gasteiger charge is -2.03. The molecule has 2 nitrogen and oxygen atoms in total. The Bertz CT molecular complexity index is 378. The van der Waals surface area contributed by atoms with Crippen molar-refractivity contribution >= 4 is 12.0 Å². The molecule has 0 aromatic heterocycles. The van der Waals surface area contributed by atoms with Gasteiger partial charge in [0.15, 0.2) is 0 Å². The lowest BCUT2D eigenvalue weighted by Crippen LogP contribution is -1.91. The van der Waals surface area contributed by atoms with Crippen LogP contribution < -0.4 is 0 Å². The zero-order valence-corrected chi connectivity index (χ0v) is 9.16. The van der Waals surface area contributed by atoms with Crippen LogP contribution in [0.5, 0.6) is 0 Å². The Labute approximate surface area is 90.3 Å². The topological polar surface area (TPSA) is 37.3 Å². The number of carbonyl (C=O) groups is 1. The number of hydrogen-bond donors (Lipinski definition) is 1. The van der Waals surface area contributed by atoms with Crippen LogP contribution in [0, 0.1) is 13.8 Å². The number of aryl methyl sites for hydroxylation is 1. The monoisotopic (exact) mass is 204 g/mol. The average molecular weight is 204 g/mol. The van der Waals surface area contributed by atoms with Crippen molar-refractivity contribution in [1.29, 1.82) is 0 Å². The lowest BCUT2D eigenvalue weighted by atomic mass is 10.0. The zero-order chi connectivity index (χ0) is 11.3. The minimum atomic E-state index is -0.749. The van der Waals surface area contributed by atoms with E-state index >= 15 is 0 Å². The number of carboxylic acid groups (broad SMARTS) is 1. The molecule has 0 radical (unpaired) electrons. The normalized spacial score (nSPS) is 10.8. The van der Waals surface area contributed by atoms with Gasteiger partial charge in [0, 0.05) is 6.42 Å². The molecule has 0 fully saturated rings. The largest absolute Gasteiger partial charge is 0.481 e. The molecule has 0 aliphatic heterocycles. The smallest absolute Gasteiger partial charge is 0.303 e. The summed E-state index contributed by atoms with van der Waals surface area (Å²) in [5, 5.41) is 8.48. The van der Waals surface area contributed by atoms with E-state index in [-0.39, 0.29) is 6.42 Å². The second kappa shape index (κ2) is 5.35. The van der Waals surface area contributed by atoms with Gasteiger partial charge in [-0.2, -0.15) is 0 Å². The first-order chi connectivity index (χ1) is 7.11. The van der Waals surface area contributed by atoms with E-state index in [2.05, 4.69) is 19.9 Å². The molecule has 0 bridgehead atoms. The van der Waals surface area contributed by atoms with Crippen LogP contribution in [0.25, 0.3) is 6.08 Å². The predicted molar refractivity (Wildman–Crippen MR) is 61.8 cm³/mol. The molecular formula is C13H16O2. The molecule has 0 saturated heterocycles. The highest BCUT2D eigenvalue weighted by molar-refractivity contribution is 5.67. The zero-order valence-electron chi connectivity index (χ0n) is 9.16. The standard InChI is InChI=1S/C13H16O2/c1-10-6-5-8-12(11(10)2)7-3-4-9-13(14)15/h3,5-8H,4,9H2,1-2H3,(H,14,15)/b7-3+. The van der Waals surface area contributed by atoms with Crippen LogP contribution in [0.4, 0.5) is 0 Å². The van der Waals surface area contributed by atoms with Crippen molar-refractivity contribution in [2.24, 2.45) is 0 Å². The first-order valence-corrected chi connectivity index (χ1v) is 5.06. The third-order valence-corrected chi connectivity index (χ3v) is 2.47. The molecule has 15 heavy (non-hydrogen) atoms. The molecular weight excluding hydrogens is 188 g/mol.